The van der Waals surface area contributed by atoms with Gasteiger partial charge in [-0.25, -0.2) is 0 Å². The van der Waals surface area contributed by atoms with Gasteiger partial charge < -0.3 is 15.3 Å². The molecule has 0 heterocycles. The lowest BCUT2D eigenvalue weighted by Crippen LogP contribution is -2.24. The maximum atomic E-state index is 12.3. The fourth-order valence-electron chi connectivity index (χ4n) is 3.80. The van der Waals surface area contributed by atoms with Gasteiger partial charge in [0, 0.05) is 19.3 Å². The number of hydrogen-bond acceptors (Lipinski definition) is 4. The summed E-state index contributed by atoms with van der Waals surface area (Å²) in [5.41, 5.74) is 2.33. The van der Waals surface area contributed by atoms with Crippen LogP contribution >= 0.6 is 0 Å². The molecule has 0 aromatic heterocycles. The Morgan fingerprint density at radius 2 is 1.53 bits per heavy atom. The number of carbonyl (C=O) groups is 2. The summed E-state index contributed by atoms with van der Waals surface area (Å²) in [4.78, 5) is 21.3. The molecular weight excluding hydrogens is 380 g/mol. The van der Waals surface area contributed by atoms with Crippen LogP contribution in [0.3, 0.4) is 0 Å². The number of unbranched alkanes of at least 4 members (excludes halogenated alkanes) is 1. The molecule has 1 saturated carbocycles. The van der Waals surface area contributed by atoms with E-state index in [9.17, 15) is 15.0 Å². The van der Waals surface area contributed by atoms with Gasteiger partial charge in [-0.1, -0.05) is 60.7 Å². The molecule has 0 spiro atoms. The fourth-order valence-corrected chi connectivity index (χ4v) is 3.80. The van der Waals surface area contributed by atoms with Crippen molar-refractivity contribution < 1.29 is 24.9 Å². The van der Waals surface area contributed by atoms with Crippen LogP contribution in [0, 0.1) is 11.8 Å². The van der Waals surface area contributed by atoms with Crippen molar-refractivity contribution >= 4 is 11.8 Å². The highest BCUT2D eigenvalue weighted by molar-refractivity contribution is 5.85. The number of Topliss-reactive ketones (excluding diaryl/α,β-unsaturated/α-hetero) is 1. The van der Waals surface area contributed by atoms with Crippen LogP contribution in [-0.4, -0.2) is 33.2 Å². The minimum atomic E-state index is -0.833. The van der Waals surface area contributed by atoms with Crippen molar-refractivity contribution in [1.82, 2.24) is 0 Å². The number of carboxylic acids is 1. The summed E-state index contributed by atoms with van der Waals surface area (Å²) < 4.78 is 0. The lowest BCUT2D eigenvalue weighted by molar-refractivity contribution is -0.134. The fraction of sp³-hybridized carbons (Fsp3) is 0.360. The summed E-state index contributed by atoms with van der Waals surface area (Å²) in [6, 6.07) is 20.0. The van der Waals surface area contributed by atoms with E-state index in [1.165, 1.54) is 5.56 Å². The molecule has 160 valence electrons. The molecule has 5 nitrogen and oxygen atoms in total. The number of allylic oxidation sites excluding steroid dienone is 1. The van der Waals surface area contributed by atoms with Crippen molar-refractivity contribution in [3.63, 3.8) is 0 Å². The molecule has 3 N–H and O–H groups in total. The number of aryl methyl sites for hydroxylation is 1. The number of carbonyl (C=O) groups excluding carboxylic acids is 1. The van der Waals surface area contributed by atoms with Crippen LogP contribution in [-0.2, 0) is 22.4 Å². The van der Waals surface area contributed by atoms with Gasteiger partial charge >= 0.3 is 0 Å². The average molecular weight is 411 g/mol. The van der Waals surface area contributed by atoms with Crippen LogP contribution in [0.4, 0.5) is 0 Å². The van der Waals surface area contributed by atoms with Crippen molar-refractivity contribution in [3.05, 3.63) is 83.6 Å². The Morgan fingerprint density at radius 3 is 2.10 bits per heavy atom. The van der Waals surface area contributed by atoms with Crippen LogP contribution in [0.15, 0.2) is 72.5 Å². The van der Waals surface area contributed by atoms with Gasteiger partial charge in [-0.2, -0.15) is 0 Å². The predicted octanol–water partition coefficient (Wildman–Crippen LogP) is 4.35. The predicted molar refractivity (Wildman–Crippen MR) is 116 cm³/mol. The van der Waals surface area contributed by atoms with Crippen molar-refractivity contribution in [2.75, 3.05) is 0 Å². The van der Waals surface area contributed by atoms with Gasteiger partial charge in [0.2, 0.25) is 0 Å². The third-order valence-corrected chi connectivity index (χ3v) is 5.18. The lowest BCUT2D eigenvalue weighted by atomic mass is 9.86. The quantitative estimate of drug-likeness (QED) is 0.466. The van der Waals surface area contributed by atoms with E-state index in [0.29, 0.717) is 6.42 Å². The SMILES string of the molecule is CC(=O)O.O=C1C[C@@H](O)[C@H](C(O)=CCCCc2ccccc2)[C@H]1Cc1ccccc1. The number of hydrogen-bond donors (Lipinski definition) is 3. The Hall–Kier alpha value is -2.92. The maximum Gasteiger partial charge on any atom is 0.300 e. The van der Waals surface area contributed by atoms with Crippen LogP contribution < -0.4 is 0 Å². The van der Waals surface area contributed by atoms with Crippen LogP contribution in [0.2, 0.25) is 0 Å². The Morgan fingerprint density at radius 1 is 1.00 bits per heavy atom. The van der Waals surface area contributed by atoms with Gasteiger partial charge in [0.1, 0.15) is 5.78 Å². The van der Waals surface area contributed by atoms with Gasteiger partial charge in [0.25, 0.3) is 5.97 Å². The highest BCUT2D eigenvalue weighted by Crippen LogP contribution is 2.36. The molecule has 30 heavy (non-hydrogen) atoms. The molecule has 0 saturated heterocycles. The molecule has 0 amide bonds. The number of carboxylic acid groups (broad SMARTS) is 1. The van der Waals surface area contributed by atoms with E-state index in [0.717, 1.165) is 31.7 Å². The molecule has 2 aromatic rings. The van der Waals surface area contributed by atoms with E-state index < -0.39 is 18.0 Å². The second-order valence-electron chi connectivity index (χ2n) is 7.59. The molecule has 2 aromatic carbocycles. The summed E-state index contributed by atoms with van der Waals surface area (Å²) in [5.74, 6) is -1.47. The summed E-state index contributed by atoms with van der Waals surface area (Å²) in [7, 11) is 0. The summed E-state index contributed by atoms with van der Waals surface area (Å²) in [6.45, 7) is 1.08. The molecule has 1 aliphatic carbocycles. The molecule has 0 aliphatic heterocycles. The second kappa shape index (κ2) is 11.9. The molecular formula is C25H30O5. The Bertz CT molecular complexity index is 825. The van der Waals surface area contributed by atoms with E-state index in [1.807, 2.05) is 48.5 Å². The summed E-state index contributed by atoms with van der Waals surface area (Å²) >= 11 is 0. The van der Waals surface area contributed by atoms with Gasteiger partial charge in [-0.15, -0.1) is 0 Å². The van der Waals surface area contributed by atoms with Gasteiger partial charge in [0.05, 0.1) is 17.8 Å². The smallest absolute Gasteiger partial charge is 0.300 e. The number of benzene rings is 2. The number of aliphatic hydroxyl groups excluding tert-OH is 2. The molecule has 0 bridgehead atoms. The first-order chi connectivity index (χ1) is 14.4. The van der Waals surface area contributed by atoms with Gasteiger partial charge in [-0.3, -0.25) is 9.59 Å². The molecule has 1 fully saturated rings. The zero-order valence-electron chi connectivity index (χ0n) is 17.3. The van der Waals surface area contributed by atoms with Crippen LogP contribution in [0.1, 0.15) is 37.3 Å². The summed E-state index contributed by atoms with van der Waals surface area (Å²) in [6.07, 6.45) is 4.29. The van der Waals surface area contributed by atoms with E-state index in [-0.39, 0.29) is 23.9 Å². The van der Waals surface area contributed by atoms with E-state index >= 15 is 0 Å². The number of rotatable bonds is 7. The number of ketones is 1. The zero-order valence-corrected chi connectivity index (χ0v) is 17.3. The molecule has 5 heteroatoms. The first-order valence-corrected chi connectivity index (χ1v) is 10.3. The normalized spacial score (nSPS) is 21.1. The van der Waals surface area contributed by atoms with Gasteiger partial charge in [0.15, 0.2) is 0 Å². The van der Waals surface area contributed by atoms with Crippen LogP contribution in [0.25, 0.3) is 0 Å². The van der Waals surface area contributed by atoms with Crippen molar-refractivity contribution in [2.24, 2.45) is 11.8 Å². The Kier molecular flexibility index (Phi) is 9.29. The van der Waals surface area contributed by atoms with Crippen LogP contribution in [0.5, 0.6) is 0 Å². The zero-order chi connectivity index (χ0) is 21.9. The first kappa shape index (κ1) is 23.4. The largest absolute Gasteiger partial charge is 0.512 e. The number of aliphatic carboxylic acids is 1. The van der Waals surface area contributed by atoms with E-state index in [1.54, 1.807) is 6.08 Å². The minimum absolute atomic E-state index is 0.0376. The topological polar surface area (TPSA) is 94.8 Å². The molecule has 0 unspecified atom stereocenters. The van der Waals surface area contributed by atoms with E-state index in [4.69, 9.17) is 9.90 Å². The average Bonchev–Trinajstić information content (AvgIpc) is 2.99. The summed E-state index contributed by atoms with van der Waals surface area (Å²) in [5, 5.41) is 28.2. The molecule has 3 rings (SSSR count). The van der Waals surface area contributed by atoms with E-state index in [2.05, 4.69) is 12.1 Å². The lowest BCUT2D eigenvalue weighted by Gasteiger charge is -2.20. The Labute approximate surface area is 177 Å². The third-order valence-electron chi connectivity index (χ3n) is 5.18. The monoisotopic (exact) mass is 410 g/mol. The minimum Gasteiger partial charge on any atom is -0.512 e. The second-order valence-corrected chi connectivity index (χ2v) is 7.59. The number of aliphatic hydroxyl groups is 2. The van der Waals surface area contributed by atoms with Crippen molar-refractivity contribution in [2.45, 2.75) is 45.1 Å². The Balaban J connectivity index is 0.000000735. The first-order valence-electron chi connectivity index (χ1n) is 10.3. The highest BCUT2D eigenvalue weighted by Gasteiger charge is 2.43. The molecule has 0 radical (unpaired) electrons. The molecule has 1 aliphatic rings. The molecule has 3 atom stereocenters. The van der Waals surface area contributed by atoms with Crippen molar-refractivity contribution in [1.29, 1.82) is 0 Å². The maximum absolute atomic E-state index is 12.3. The third kappa shape index (κ3) is 7.48. The highest BCUT2D eigenvalue weighted by atomic mass is 16.4. The van der Waals surface area contributed by atoms with Gasteiger partial charge in [-0.05, 0) is 42.9 Å². The standard InChI is InChI=1S/C23H26O3.C2H4O2/c24-20(14-8-7-11-17-9-3-1-4-10-17)23-19(21(25)16-22(23)26)15-18-12-5-2-6-13-18;1-2(3)4/h1-6,9-10,12-14,19,22-24,26H,7-8,11,15-16H2;1H3,(H,3,4)/t19-,22+,23-;/m0./s1. The van der Waals surface area contributed by atoms with Crippen molar-refractivity contribution in [3.8, 4) is 0 Å².